The Morgan fingerprint density at radius 3 is 2.78 bits per heavy atom. The minimum atomic E-state index is -1.71. The minimum absolute atomic E-state index is 0.159. The van der Waals surface area contributed by atoms with Crippen molar-refractivity contribution in [3.63, 3.8) is 0 Å². The van der Waals surface area contributed by atoms with Gasteiger partial charge in [0.1, 0.15) is 41.7 Å². The van der Waals surface area contributed by atoms with E-state index in [1.54, 1.807) is 6.07 Å². The molecule has 8 heterocycles. The van der Waals surface area contributed by atoms with Crippen LogP contribution in [0.15, 0.2) is 17.0 Å². The van der Waals surface area contributed by atoms with Crippen LogP contribution < -0.4 is 20.7 Å². The molecule has 2 aromatic heterocycles. The zero-order chi connectivity index (χ0) is 30.4. The van der Waals surface area contributed by atoms with Crippen LogP contribution >= 0.6 is 11.3 Å². The maximum absolute atomic E-state index is 14.8. The summed E-state index contributed by atoms with van der Waals surface area (Å²) in [4.78, 5) is 19.2. The Hall–Kier alpha value is -2.82. The number of ether oxygens (including phenoxy) is 2. The zero-order valence-electron chi connectivity index (χ0n) is 24.6. The maximum Gasteiger partial charge on any atom is 0.319 e. The van der Waals surface area contributed by atoms with Crippen LogP contribution in [-0.2, 0) is 16.1 Å². The van der Waals surface area contributed by atoms with Gasteiger partial charge in [0.2, 0.25) is 4.90 Å². The number of hydrogen-bond donors (Lipinski definition) is 2. The Balaban J connectivity index is 1.17. The molecule has 5 fully saturated rings. The van der Waals surface area contributed by atoms with Gasteiger partial charge in [-0.15, -0.1) is 0 Å². The highest BCUT2D eigenvalue weighted by molar-refractivity contribution is 7.89. The van der Waals surface area contributed by atoms with E-state index in [1.807, 2.05) is 10.4 Å². The maximum atomic E-state index is 14.8. The fraction of sp³-hybridized carbons (Fsp3) is 0.567. The summed E-state index contributed by atoms with van der Waals surface area (Å²) in [5.74, 6) is 0.195. The number of thiazole rings is 1. The van der Waals surface area contributed by atoms with E-state index < -0.39 is 23.4 Å². The van der Waals surface area contributed by atoms with Crippen molar-refractivity contribution in [3.8, 4) is 6.01 Å². The third-order valence-electron chi connectivity index (χ3n) is 10.2. The zero-order valence-corrected chi connectivity index (χ0v) is 26.2. The van der Waals surface area contributed by atoms with Crippen LogP contribution in [0.1, 0.15) is 43.4 Å². The lowest BCUT2D eigenvalue weighted by Gasteiger charge is -2.42. The summed E-state index contributed by atoms with van der Waals surface area (Å²) in [5.41, 5.74) is 7.80. The van der Waals surface area contributed by atoms with Gasteiger partial charge in [-0.2, -0.15) is 14.3 Å². The first-order valence-corrected chi connectivity index (χ1v) is 17.6. The van der Waals surface area contributed by atoms with E-state index in [4.69, 9.17) is 25.2 Å². The van der Waals surface area contributed by atoms with Gasteiger partial charge in [-0.1, -0.05) is 11.3 Å². The second-order valence-corrected chi connectivity index (χ2v) is 15.4. The van der Waals surface area contributed by atoms with Crippen molar-refractivity contribution in [3.05, 3.63) is 29.2 Å². The first kappa shape index (κ1) is 28.4. The van der Waals surface area contributed by atoms with Crippen LogP contribution in [0.5, 0.6) is 6.01 Å². The number of hydrogen-bond acceptors (Lipinski definition) is 12. The molecule has 0 saturated carbocycles. The minimum Gasteiger partial charge on any atom is -0.588 e. The second kappa shape index (κ2) is 10.6. The molecule has 3 aromatic rings. The highest BCUT2D eigenvalue weighted by atomic mass is 32.2. The molecule has 6 aliphatic heterocycles. The monoisotopic (exact) mass is 656 g/mol. The summed E-state index contributed by atoms with van der Waals surface area (Å²) in [7, 11) is 0. The van der Waals surface area contributed by atoms with Crippen LogP contribution in [-0.4, -0.2) is 105 Å². The number of halogens is 2. The first-order chi connectivity index (χ1) is 21.8. The quantitative estimate of drug-likeness (QED) is 0.380. The SMILES string of the molecule is Nc1nc2c(C3=Cc4nc(OC[C@@]56CCCN5C[C@H](F)C6)nc(N5CC6CCC(C5)N6)c4[S+]([O-])N3C3COC3)ccc(F)c2s1. The van der Waals surface area contributed by atoms with Gasteiger partial charge in [0.15, 0.2) is 10.9 Å². The summed E-state index contributed by atoms with van der Waals surface area (Å²) in [6.07, 6.45) is 5.50. The van der Waals surface area contributed by atoms with Gasteiger partial charge in [-0.3, -0.25) is 4.90 Å². The number of fused-ring (bicyclic) bond motifs is 5. The molecule has 1 aromatic carbocycles. The largest absolute Gasteiger partial charge is 0.588 e. The molecule has 45 heavy (non-hydrogen) atoms. The summed E-state index contributed by atoms with van der Waals surface area (Å²) in [5, 5.41) is 3.92. The molecule has 0 aliphatic carbocycles. The molecule has 11 nitrogen and oxygen atoms in total. The normalized spacial score (nSPS) is 31.3. The molecule has 3 unspecified atom stereocenters. The molecule has 0 radical (unpaired) electrons. The summed E-state index contributed by atoms with van der Waals surface area (Å²) >= 11 is -0.624. The predicted octanol–water partition coefficient (Wildman–Crippen LogP) is 2.94. The van der Waals surface area contributed by atoms with Crippen molar-refractivity contribution in [2.24, 2.45) is 0 Å². The molecular weight excluding hydrogens is 623 g/mol. The van der Waals surface area contributed by atoms with Crippen LogP contribution in [0.2, 0.25) is 0 Å². The van der Waals surface area contributed by atoms with Gasteiger partial charge in [0.25, 0.3) is 0 Å². The second-order valence-electron chi connectivity index (χ2n) is 13.1. The number of benzene rings is 1. The number of anilines is 2. The van der Waals surface area contributed by atoms with Crippen LogP contribution in [0.3, 0.4) is 0 Å². The third-order valence-corrected chi connectivity index (χ3v) is 12.7. The number of nitrogens with zero attached hydrogens (tertiary/aromatic N) is 6. The van der Waals surface area contributed by atoms with Gasteiger partial charge < -0.3 is 30.0 Å². The topological polar surface area (TPSA) is 128 Å². The van der Waals surface area contributed by atoms with Crippen molar-refractivity contribution >= 4 is 55.6 Å². The number of aromatic nitrogens is 3. The van der Waals surface area contributed by atoms with E-state index in [9.17, 15) is 13.3 Å². The number of nitrogen functional groups attached to an aromatic ring is 1. The fourth-order valence-electron chi connectivity index (χ4n) is 8.06. The van der Waals surface area contributed by atoms with Gasteiger partial charge in [-0.05, 0) is 50.4 Å². The molecule has 3 N–H and O–H groups in total. The van der Waals surface area contributed by atoms with Gasteiger partial charge in [0, 0.05) is 43.7 Å². The lowest BCUT2D eigenvalue weighted by Crippen LogP contribution is -2.53. The average molecular weight is 657 g/mol. The number of nitrogens with two attached hydrogens (primary N) is 1. The molecule has 2 bridgehead atoms. The van der Waals surface area contributed by atoms with E-state index in [-0.39, 0.29) is 22.7 Å². The summed E-state index contributed by atoms with van der Waals surface area (Å²) in [6.45, 7) is 3.87. The molecule has 6 aliphatic rings. The lowest BCUT2D eigenvalue weighted by atomic mass is 9.95. The Kier molecular flexibility index (Phi) is 6.69. The predicted molar refractivity (Wildman–Crippen MR) is 167 cm³/mol. The molecule has 0 spiro atoms. The van der Waals surface area contributed by atoms with E-state index in [1.165, 1.54) is 6.07 Å². The van der Waals surface area contributed by atoms with Gasteiger partial charge in [-0.25, -0.2) is 13.8 Å². The van der Waals surface area contributed by atoms with Crippen molar-refractivity contribution < 1.29 is 22.8 Å². The Morgan fingerprint density at radius 2 is 2.00 bits per heavy atom. The van der Waals surface area contributed by atoms with Crippen LogP contribution in [0, 0.1) is 5.82 Å². The van der Waals surface area contributed by atoms with Crippen LogP contribution in [0.4, 0.5) is 19.7 Å². The van der Waals surface area contributed by atoms with E-state index in [2.05, 4.69) is 20.1 Å². The number of nitrogens with one attached hydrogen (secondary N) is 1. The number of rotatable bonds is 6. The standard InChI is InChI=1S/C30H34F2N8O3S2/c31-16-9-30(6-1-7-39(30)10-16)15-43-29-35-22-8-23(20-4-5-21(32)25-24(20)36-28(33)44-25)40(19-13-42-14-19)45(41)26(22)27(37-29)38-11-17-2-3-18(12-38)34-17/h4-5,8,16-19,34H,1-3,6-7,9-15H2,(H2,33,36)/t16-,17?,18?,30+,45?/m1/s1. The van der Waals surface area contributed by atoms with Crippen molar-refractivity contribution in [2.75, 3.05) is 56.6 Å². The van der Waals surface area contributed by atoms with E-state index in [0.29, 0.717) is 82.8 Å². The fourth-order valence-corrected chi connectivity index (χ4v) is 10.4. The van der Waals surface area contributed by atoms with Crippen molar-refractivity contribution in [2.45, 2.75) is 66.8 Å². The summed E-state index contributed by atoms with van der Waals surface area (Å²) < 4.78 is 58.2. The average Bonchev–Trinajstić information content (AvgIpc) is 3.74. The van der Waals surface area contributed by atoms with Gasteiger partial charge in [0.05, 0.1) is 34.7 Å². The highest BCUT2D eigenvalue weighted by Gasteiger charge is 2.50. The highest BCUT2D eigenvalue weighted by Crippen LogP contribution is 2.46. The first-order valence-electron chi connectivity index (χ1n) is 15.7. The Morgan fingerprint density at radius 1 is 1.18 bits per heavy atom. The Bertz CT molecular complexity index is 1700. The molecule has 15 heteroatoms. The number of piperazine rings is 1. The van der Waals surface area contributed by atoms with Gasteiger partial charge >= 0.3 is 6.01 Å². The smallest absolute Gasteiger partial charge is 0.319 e. The molecule has 9 rings (SSSR count). The van der Waals surface area contributed by atoms with Crippen LogP contribution in [0.25, 0.3) is 22.0 Å². The Labute approximate surface area is 266 Å². The number of alkyl halides is 1. The molecular formula is C30H34F2N8O3S2. The molecule has 0 amide bonds. The third kappa shape index (κ3) is 4.60. The summed E-state index contributed by atoms with van der Waals surface area (Å²) in [6, 6.07) is 3.73. The molecule has 5 atom stereocenters. The van der Waals surface area contributed by atoms with Crippen molar-refractivity contribution in [1.82, 2.24) is 29.5 Å². The molecule has 5 saturated heterocycles. The van der Waals surface area contributed by atoms with Crippen molar-refractivity contribution in [1.29, 1.82) is 0 Å². The van der Waals surface area contributed by atoms with E-state index >= 15 is 0 Å². The van der Waals surface area contributed by atoms with E-state index in [0.717, 1.165) is 56.7 Å². The lowest BCUT2D eigenvalue weighted by molar-refractivity contribution is -0.0230. The molecule has 238 valence electrons.